The number of aryl methyl sites for hydroxylation is 2. The van der Waals surface area contributed by atoms with Crippen LogP contribution in [0.15, 0.2) is 32.2 Å². The van der Waals surface area contributed by atoms with Crippen molar-refractivity contribution in [1.82, 2.24) is 14.8 Å². The first-order valence-corrected chi connectivity index (χ1v) is 11.0. The van der Waals surface area contributed by atoms with E-state index < -0.39 is 10.0 Å². The third kappa shape index (κ3) is 4.30. The number of carbonyl (C=O) groups excluding carboxylic acids is 1. The molecule has 1 N–H and O–H groups in total. The Morgan fingerprint density at radius 2 is 2.07 bits per heavy atom. The van der Waals surface area contributed by atoms with Crippen LogP contribution in [0.4, 0.5) is 0 Å². The summed E-state index contributed by atoms with van der Waals surface area (Å²) in [4.78, 5) is 12.6. The molecule has 1 saturated heterocycles. The van der Waals surface area contributed by atoms with Crippen molar-refractivity contribution in [1.29, 1.82) is 0 Å². The van der Waals surface area contributed by atoms with E-state index in [1.54, 1.807) is 20.1 Å². The van der Waals surface area contributed by atoms with E-state index in [0.717, 1.165) is 5.76 Å². The van der Waals surface area contributed by atoms with Crippen LogP contribution in [0.25, 0.3) is 0 Å². The maximum atomic E-state index is 12.9. The number of piperidine rings is 1. The molecule has 2 aromatic rings. The fourth-order valence-electron chi connectivity index (χ4n) is 3.73. The summed E-state index contributed by atoms with van der Waals surface area (Å²) in [5.41, 5.74) is 0.379. The quantitative estimate of drug-likeness (QED) is 0.752. The molecule has 3 rings (SSSR count). The summed E-state index contributed by atoms with van der Waals surface area (Å²) in [5, 5.41) is 6.70. The van der Waals surface area contributed by atoms with E-state index in [1.807, 2.05) is 19.1 Å². The van der Waals surface area contributed by atoms with Gasteiger partial charge in [0.05, 0.1) is 6.26 Å². The zero-order chi connectivity index (χ0) is 20.3. The van der Waals surface area contributed by atoms with Crippen LogP contribution in [0.2, 0.25) is 0 Å². The van der Waals surface area contributed by atoms with Crippen LogP contribution in [0.3, 0.4) is 0 Å². The lowest BCUT2D eigenvalue weighted by atomic mass is 9.85. The van der Waals surface area contributed by atoms with E-state index in [1.165, 1.54) is 4.31 Å². The molecule has 0 aliphatic carbocycles. The van der Waals surface area contributed by atoms with Crippen LogP contribution in [-0.2, 0) is 21.2 Å². The Balaban J connectivity index is 1.52. The summed E-state index contributed by atoms with van der Waals surface area (Å²) in [5.74, 6) is 1.13. The minimum absolute atomic E-state index is 0.00131. The minimum atomic E-state index is -3.62. The summed E-state index contributed by atoms with van der Waals surface area (Å²) in [6.07, 6.45) is 3.56. The van der Waals surface area contributed by atoms with Crippen molar-refractivity contribution in [3.63, 3.8) is 0 Å². The van der Waals surface area contributed by atoms with Gasteiger partial charge >= 0.3 is 0 Å². The molecule has 0 saturated carbocycles. The van der Waals surface area contributed by atoms with Gasteiger partial charge < -0.3 is 14.3 Å². The molecular formula is C19H27N3O5S. The molecule has 0 unspecified atom stereocenters. The second-order valence-corrected chi connectivity index (χ2v) is 9.18. The van der Waals surface area contributed by atoms with Gasteiger partial charge in [-0.15, -0.1) is 0 Å². The SMILES string of the molecule is Cc1noc(C)c1S(=O)(=O)N1CCC([C@@H](C)C(=O)NCCc2ccco2)CC1. The fourth-order valence-corrected chi connectivity index (χ4v) is 5.49. The monoisotopic (exact) mass is 409 g/mol. The molecule has 0 radical (unpaired) electrons. The predicted octanol–water partition coefficient (Wildman–Crippen LogP) is 2.28. The third-order valence-corrected chi connectivity index (χ3v) is 7.58. The summed E-state index contributed by atoms with van der Waals surface area (Å²) in [6.45, 7) is 6.45. The molecule has 1 atom stereocenters. The highest BCUT2D eigenvalue weighted by molar-refractivity contribution is 7.89. The van der Waals surface area contributed by atoms with Crippen molar-refractivity contribution in [2.45, 2.75) is 44.9 Å². The number of aromatic nitrogens is 1. The lowest BCUT2D eigenvalue weighted by Crippen LogP contribution is -2.43. The average molecular weight is 410 g/mol. The Labute approximate surface area is 165 Å². The molecule has 154 valence electrons. The molecule has 0 spiro atoms. The van der Waals surface area contributed by atoms with Crippen LogP contribution < -0.4 is 5.32 Å². The molecule has 0 bridgehead atoms. The molecule has 0 aromatic carbocycles. The van der Waals surface area contributed by atoms with E-state index in [0.29, 0.717) is 50.4 Å². The lowest BCUT2D eigenvalue weighted by Gasteiger charge is -2.33. The van der Waals surface area contributed by atoms with Gasteiger partial charge in [-0.05, 0) is 44.7 Å². The van der Waals surface area contributed by atoms with E-state index >= 15 is 0 Å². The van der Waals surface area contributed by atoms with Gasteiger partial charge in [0.15, 0.2) is 5.76 Å². The number of furan rings is 1. The lowest BCUT2D eigenvalue weighted by molar-refractivity contribution is -0.126. The second-order valence-electron chi connectivity index (χ2n) is 7.30. The number of hydrogen-bond acceptors (Lipinski definition) is 6. The number of hydrogen-bond donors (Lipinski definition) is 1. The Bertz CT molecular complexity index is 877. The smallest absolute Gasteiger partial charge is 0.248 e. The van der Waals surface area contributed by atoms with E-state index in [9.17, 15) is 13.2 Å². The highest BCUT2D eigenvalue weighted by Crippen LogP contribution is 2.30. The van der Waals surface area contributed by atoms with Crippen molar-refractivity contribution >= 4 is 15.9 Å². The summed E-state index contributed by atoms with van der Waals surface area (Å²) in [7, 11) is -3.62. The van der Waals surface area contributed by atoms with Gasteiger partial charge in [-0.2, -0.15) is 4.31 Å². The van der Waals surface area contributed by atoms with Crippen molar-refractivity contribution in [3.05, 3.63) is 35.6 Å². The van der Waals surface area contributed by atoms with E-state index in [-0.39, 0.29) is 22.6 Å². The maximum absolute atomic E-state index is 12.9. The standard InChI is InChI=1S/C19H27N3O5S/c1-13(19(23)20-9-6-17-5-4-12-26-17)16-7-10-22(11-8-16)28(24,25)18-14(2)21-27-15(18)3/h4-5,12-13,16H,6-11H2,1-3H3,(H,20,23)/t13-/m1/s1. The molecule has 1 aliphatic rings. The van der Waals surface area contributed by atoms with Crippen molar-refractivity contribution < 1.29 is 22.2 Å². The fraction of sp³-hybridized carbons (Fsp3) is 0.579. The van der Waals surface area contributed by atoms with Crippen molar-refractivity contribution in [3.8, 4) is 0 Å². The molecule has 1 fully saturated rings. The molecule has 9 heteroatoms. The highest BCUT2D eigenvalue weighted by Gasteiger charge is 2.36. The van der Waals surface area contributed by atoms with E-state index in [2.05, 4.69) is 10.5 Å². The first-order valence-electron chi connectivity index (χ1n) is 9.54. The Morgan fingerprint density at radius 1 is 1.36 bits per heavy atom. The number of nitrogens with one attached hydrogen (secondary N) is 1. The molecule has 8 nitrogen and oxygen atoms in total. The van der Waals surface area contributed by atoms with Gasteiger partial charge in [-0.3, -0.25) is 4.79 Å². The summed E-state index contributed by atoms with van der Waals surface area (Å²) < 4.78 is 37.5. The molecule has 1 aliphatic heterocycles. The number of carbonyl (C=O) groups is 1. The number of sulfonamides is 1. The Morgan fingerprint density at radius 3 is 2.64 bits per heavy atom. The van der Waals surface area contributed by atoms with Gasteiger partial charge in [0.1, 0.15) is 16.3 Å². The van der Waals surface area contributed by atoms with Gasteiger partial charge in [0.25, 0.3) is 0 Å². The normalized spacial score (nSPS) is 17.5. The van der Waals surface area contributed by atoms with Crippen LogP contribution in [-0.4, -0.2) is 43.4 Å². The Hall–Kier alpha value is -2.13. The van der Waals surface area contributed by atoms with Gasteiger partial charge in [0.2, 0.25) is 15.9 Å². The third-order valence-electron chi connectivity index (χ3n) is 5.44. The van der Waals surface area contributed by atoms with Crippen LogP contribution in [0.1, 0.15) is 37.0 Å². The van der Waals surface area contributed by atoms with Gasteiger partial charge in [0, 0.05) is 32.0 Å². The first-order chi connectivity index (χ1) is 13.3. The molecule has 2 aromatic heterocycles. The summed E-state index contributed by atoms with van der Waals surface area (Å²) in [6, 6.07) is 3.70. The number of amides is 1. The zero-order valence-electron chi connectivity index (χ0n) is 16.5. The number of rotatable bonds is 7. The van der Waals surface area contributed by atoms with Crippen LogP contribution >= 0.6 is 0 Å². The van der Waals surface area contributed by atoms with E-state index in [4.69, 9.17) is 8.94 Å². The second kappa shape index (κ2) is 8.48. The Kier molecular flexibility index (Phi) is 6.24. The minimum Gasteiger partial charge on any atom is -0.469 e. The topological polar surface area (TPSA) is 106 Å². The van der Waals surface area contributed by atoms with Gasteiger partial charge in [-0.1, -0.05) is 12.1 Å². The van der Waals surface area contributed by atoms with Crippen LogP contribution in [0.5, 0.6) is 0 Å². The average Bonchev–Trinajstić information content (AvgIpc) is 3.31. The molecule has 3 heterocycles. The molecule has 1 amide bonds. The maximum Gasteiger partial charge on any atom is 0.248 e. The van der Waals surface area contributed by atoms with Gasteiger partial charge in [-0.25, -0.2) is 8.42 Å². The zero-order valence-corrected chi connectivity index (χ0v) is 17.3. The number of nitrogens with zero attached hydrogens (tertiary/aromatic N) is 2. The molecule has 28 heavy (non-hydrogen) atoms. The highest BCUT2D eigenvalue weighted by atomic mass is 32.2. The van der Waals surface area contributed by atoms with Crippen LogP contribution in [0, 0.1) is 25.7 Å². The van der Waals surface area contributed by atoms with Crippen molar-refractivity contribution in [2.24, 2.45) is 11.8 Å². The summed E-state index contributed by atoms with van der Waals surface area (Å²) >= 11 is 0. The largest absolute Gasteiger partial charge is 0.469 e. The van der Waals surface area contributed by atoms with Crippen molar-refractivity contribution in [2.75, 3.05) is 19.6 Å². The first kappa shape index (κ1) is 20.6. The molecular weight excluding hydrogens is 382 g/mol. The predicted molar refractivity (Wildman–Crippen MR) is 102 cm³/mol.